The maximum Gasteiger partial charge on any atom is 0.308 e. The second kappa shape index (κ2) is 17.1. The highest BCUT2D eigenvalue weighted by Gasteiger charge is 2.66. The Morgan fingerprint density at radius 3 is 2.20 bits per heavy atom. The second-order valence-corrected chi connectivity index (χ2v) is 20.9. The summed E-state index contributed by atoms with van der Waals surface area (Å²) in [7, 11) is 1.00. The quantitative estimate of drug-likeness (QED) is 0.203. The van der Waals surface area contributed by atoms with Crippen molar-refractivity contribution in [3.05, 3.63) is 46.1 Å². The Bertz CT molecular complexity index is 1950. The normalized spacial score (nSPS) is 32.6. The average molecular weight is 842 g/mol. The number of allylic oxidation sites excluding steroid dienone is 2. The molecule has 1 aromatic heterocycles. The molecule has 2 N–H and O–H groups in total. The molecule has 59 heavy (non-hydrogen) atoms. The fourth-order valence-corrected chi connectivity index (χ4v) is 12.3. The average Bonchev–Trinajstić information content (AvgIpc) is 3.77. The zero-order valence-corrected chi connectivity index (χ0v) is 37.7. The minimum Gasteiger partial charge on any atom is -0.481 e. The number of carboxylic acids is 1. The van der Waals surface area contributed by atoms with Gasteiger partial charge in [0.2, 0.25) is 5.89 Å². The molecule has 5 aliphatic rings. The van der Waals surface area contributed by atoms with E-state index in [2.05, 4.69) is 44.8 Å². The maximum absolute atomic E-state index is 14.9. The fraction of sp³-hybridized carbons (Fsp3) is 0.702. The Kier molecular flexibility index (Phi) is 13.5. The van der Waals surface area contributed by atoms with E-state index in [9.17, 15) is 23.6 Å². The van der Waals surface area contributed by atoms with E-state index in [4.69, 9.17) is 31.0 Å². The topological polar surface area (TPSA) is 157 Å². The van der Waals surface area contributed by atoms with Crippen LogP contribution in [0.25, 0.3) is 11.5 Å². The van der Waals surface area contributed by atoms with Crippen molar-refractivity contribution >= 4 is 35.6 Å². The number of rotatable bonds is 7. The maximum atomic E-state index is 14.9. The molecular formula is C47H66ClFN2O8. The van der Waals surface area contributed by atoms with E-state index in [1.807, 2.05) is 0 Å². The van der Waals surface area contributed by atoms with Crippen molar-refractivity contribution < 1.29 is 42.9 Å². The number of esters is 1. The molecule has 12 heteroatoms. The molecule has 0 spiro atoms. The van der Waals surface area contributed by atoms with E-state index in [1.54, 1.807) is 46.8 Å². The molecule has 10 nitrogen and oxygen atoms in total. The van der Waals surface area contributed by atoms with Gasteiger partial charge >= 0.3 is 11.9 Å². The number of aromatic nitrogens is 2. The van der Waals surface area contributed by atoms with Crippen molar-refractivity contribution in [3.63, 3.8) is 0 Å². The standard InChI is InChI=1S/C41H52ClFN2O5.C5H10O2.CH4O/c1-22(2)34-30(47)19-41(37-45-44-36(50-37)26-9-8-24(42)18-29(26)43)17-13-28-25(35(34)41)10-11-32-39(6)16-14-31(49-33(48)20-38(4,5)21-46)23(3)27(39)12-15-40(28,32)7;1-5(2,3)4(6)7;1-2/h8-9,18,21-23,25,27-28,31-32H,10-17,19-20H2,1-7H3;1-3H3,(H,6,7);2H,1H3. The largest absolute Gasteiger partial charge is 0.481 e. The third-order valence-corrected chi connectivity index (χ3v) is 15.2. The number of aliphatic hydroxyl groups is 1. The SMILES string of the molecule is CC(C)(C)C(=O)O.CC(C)C1=C2C3CCC4C(C)(CCC5C(C)C(OC(=O)CC(C)(C)C=O)CCC54C)C3CCC2(c2nnc(-c3ccc(Cl)cc3F)o2)CC1=O.CO. The highest BCUT2D eigenvalue weighted by molar-refractivity contribution is 6.30. The van der Waals surface area contributed by atoms with Crippen LogP contribution in [-0.2, 0) is 29.3 Å². The number of carbonyl (C=O) groups excluding carboxylic acids is 3. The van der Waals surface area contributed by atoms with Crippen LogP contribution >= 0.6 is 11.6 Å². The van der Waals surface area contributed by atoms with Gasteiger partial charge in [0, 0.05) is 24.0 Å². The van der Waals surface area contributed by atoms with Gasteiger partial charge in [0.05, 0.1) is 22.8 Å². The first kappa shape index (κ1) is 46.6. The molecule has 9 atom stereocenters. The number of aldehydes is 1. The zero-order valence-electron chi connectivity index (χ0n) is 36.9. The summed E-state index contributed by atoms with van der Waals surface area (Å²) in [6.07, 6.45) is 9.01. The second-order valence-electron chi connectivity index (χ2n) is 20.5. The number of carbonyl (C=O) groups is 4. The summed E-state index contributed by atoms with van der Waals surface area (Å²) in [6, 6.07) is 4.42. The van der Waals surface area contributed by atoms with Crippen molar-refractivity contribution in [2.45, 2.75) is 145 Å². The van der Waals surface area contributed by atoms with Gasteiger partial charge in [0.25, 0.3) is 5.89 Å². The highest BCUT2D eigenvalue weighted by atomic mass is 35.5. The predicted molar refractivity (Wildman–Crippen MR) is 224 cm³/mol. The van der Waals surface area contributed by atoms with E-state index in [0.717, 1.165) is 70.3 Å². The van der Waals surface area contributed by atoms with Crippen LogP contribution in [0.1, 0.15) is 139 Å². The van der Waals surface area contributed by atoms with Crippen molar-refractivity contribution in [2.75, 3.05) is 7.11 Å². The molecule has 4 saturated carbocycles. The molecule has 1 aromatic carbocycles. The molecule has 2 aromatic rings. The van der Waals surface area contributed by atoms with E-state index in [-0.39, 0.29) is 64.3 Å². The molecule has 0 saturated heterocycles. The number of halogens is 2. The van der Waals surface area contributed by atoms with Gasteiger partial charge < -0.3 is 24.2 Å². The highest BCUT2D eigenvalue weighted by Crippen LogP contribution is 2.71. The van der Waals surface area contributed by atoms with Crippen molar-refractivity contribution in [2.24, 2.45) is 57.2 Å². The first-order chi connectivity index (χ1) is 27.5. The number of benzene rings is 1. The number of hydrogen-bond donors (Lipinski definition) is 2. The lowest BCUT2D eigenvalue weighted by Gasteiger charge is -2.67. The summed E-state index contributed by atoms with van der Waals surface area (Å²) in [5, 5.41) is 24.4. The third kappa shape index (κ3) is 8.58. The monoisotopic (exact) mass is 840 g/mol. The predicted octanol–water partition coefficient (Wildman–Crippen LogP) is 10.2. The van der Waals surface area contributed by atoms with Gasteiger partial charge in [0.15, 0.2) is 5.78 Å². The smallest absolute Gasteiger partial charge is 0.308 e. The van der Waals surface area contributed by atoms with Crippen molar-refractivity contribution in [1.82, 2.24) is 10.2 Å². The first-order valence-electron chi connectivity index (χ1n) is 21.4. The zero-order chi connectivity index (χ0) is 44.0. The Labute approximate surface area is 354 Å². The first-order valence-corrected chi connectivity index (χ1v) is 21.8. The molecule has 1 heterocycles. The Morgan fingerprint density at radius 2 is 1.61 bits per heavy atom. The van der Waals surface area contributed by atoms with Crippen molar-refractivity contribution in [3.8, 4) is 11.5 Å². The number of carboxylic acid groups (broad SMARTS) is 1. The Hall–Kier alpha value is -3.44. The lowest BCUT2D eigenvalue weighted by Crippen LogP contribution is -2.60. The number of hydrogen-bond acceptors (Lipinski definition) is 9. The molecule has 9 unspecified atom stereocenters. The van der Waals surface area contributed by atoms with Gasteiger partial charge in [-0.25, -0.2) is 4.39 Å². The minimum atomic E-state index is -0.757. The third-order valence-electron chi connectivity index (χ3n) is 15.0. The summed E-state index contributed by atoms with van der Waals surface area (Å²) in [5.74, 6) is 1.13. The summed E-state index contributed by atoms with van der Waals surface area (Å²) < 4.78 is 27.4. The molecule has 0 aliphatic heterocycles. The number of aliphatic hydroxyl groups excluding tert-OH is 1. The fourth-order valence-electron chi connectivity index (χ4n) is 12.1. The van der Waals surface area contributed by atoms with Crippen LogP contribution in [0.4, 0.5) is 4.39 Å². The van der Waals surface area contributed by atoms with E-state index < -0.39 is 28.0 Å². The van der Waals surface area contributed by atoms with Crippen LogP contribution in [0.15, 0.2) is 33.8 Å². The van der Waals surface area contributed by atoms with Gasteiger partial charge in [-0.15, -0.1) is 10.2 Å². The summed E-state index contributed by atoms with van der Waals surface area (Å²) >= 11 is 6.01. The molecular weight excluding hydrogens is 775 g/mol. The Balaban J connectivity index is 0.000000667. The van der Waals surface area contributed by atoms with Gasteiger partial charge in [-0.1, -0.05) is 60.1 Å². The van der Waals surface area contributed by atoms with Gasteiger partial charge in [-0.05, 0) is 148 Å². The van der Waals surface area contributed by atoms with E-state index >= 15 is 0 Å². The Morgan fingerprint density at radius 1 is 1.00 bits per heavy atom. The molecule has 4 fully saturated rings. The molecule has 5 aliphatic carbocycles. The molecule has 0 bridgehead atoms. The number of ketones is 1. The number of Topliss-reactive ketones (excluding diaryl/α,β-unsaturated/α-hetero) is 1. The molecule has 326 valence electrons. The summed E-state index contributed by atoms with van der Waals surface area (Å²) in [5.41, 5.74) is 0.625. The van der Waals surface area contributed by atoms with Crippen LogP contribution in [0.5, 0.6) is 0 Å². The number of fused-ring (bicyclic) bond motifs is 7. The number of aliphatic carboxylic acids is 1. The lowest BCUT2D eigenvalue weighted by atomic mass is 9.38. The minimum absolute atomic E-state index is 0.0731. The van der Waals surface area contributed by atoms with Crippen LogP contribution in [0, 0.1) is 63.0 Å². The number of nitrogens with zero attached hydrogens (tertiary/aromatic N) is 2. The van der Waals surface area contributed by atoms with E-state index in [1.165, 1.54) is 11.6 Å². The lowest BCUT2D eigenvalue weighted by molar-refractivity contribution is -0.190. The summed E-state index contributed by atoms with van der Waals surface area (Å²) in [6.45, 7) is 20.1. The van der Waals surface area contributed by atoms with Gasteiger partial charge in [-0.2, -0.15) is 0 Å². The van der Waals surface area contributed by atoms with Gasteiger partial charge in [-0.3, -0.25) is 14.4 Å². The van der Waals surface area contributed by atoms with Crippen LogP contribution in [0.3, 0.4) is 0 Å². The van der Waals surface area contributed by atoms with Crippen LogP contribution in [0.2, 0.25) is 5.02 Å². The van der Waals surface area contributed by atoms with Crippen LogP contribution in [-0.4, -0.2) is 57.6 Å². The van der Waals surface area contributed by atoms with Crippen LogP contribution < -0.4 is 0 Å². The molecule has 0 amide bonds. The van der Waals surface area contributed by atoms with E-state index in [0.29, 0.717) is 35.1 Å². The van der Waals surface area contributed by atoms with Crippen molar-refractivity contribution in [1.29, 1.82) is 0 Å². The van der Waals surface area contributed by atoms with Gasteiger partial charge in [0.1, 0.15) is 18.2 Å². The summed E-state index contributed by atoms with van der Waals surface area (Å²) in [4.78, 5) is 48.3. The number of ether oxygens (including phenoxy) is 1. The molecule has 0 radical (unpaired) electrons. The molecule has 7 rings (SSSR count).